The summed E-state index contributed by atoms with van der Waals surface area (Å²) in [5.41, 5.74) is 0. The first kappa shape index (κ1) is 11.0. The van der Waals surface area contributed by atoms with E-state index in [1.807, 2.05) is 6.92 Å². The molecule has 1 amide bonds. The second-order valence-corrected chi connectivity index (χ2v) is 3.31. The van der Waals surface area contributed by atoms with Crippen LogP contribution in [-0.2, 0) is 14.3 Å². The lowest BCUT2D eigenvalue weighted by Crippen LogP contribution is -2.42. The maximum atomic E-state index is 11.4. The van der Waals surface area contributed by atoms with E-state index in [9.17, 15) is 9.59 Å². The third-order valence-corrected chi connectivity index (χ3v) is 2.19. The number of carbonyl (C=O) groups excluding carboxylic acids is 2. The summed E-state index contributed by atoms with van der Waals surface area (Å²) in [7, 11) is 1.59. The largest absolute Gasteiger partial charge is 0.463 e. The summed E-state index contributed by atoms with van der Waals surface area (Å²) in [6.45, 7) is 2.66. The van der Waals surface area contributed by atoms with Gasteiger partial charge in [0.2, 0.25) is 5.91 Å². The molecule has 14 heavy (non-hydrogen) atoms. The zero-order valence-electron chi connectivity index (χ0n) is 8.58. The standard InChI is InChI=1S/C9H16N2O3/c1-3-4-5-14-9(13)8-10-6-7(12)11(8)2/h8,10H,3-6H2,1-2H3. The van der Waals surface area contributed by atoms with Crippen LogP contribution in [0.15, 0.2) is 0 Å². The molecular formula is C9H16N2O3. The number of ether oxygens (including phenoxy) is 1. The highest BCUT2D eigenvalue weighted by molar-refractivity contribution is 5.88. The molecule has 0 saturated carbocycles. The summed E-state index contributed by atoms with van der Waals surface area (Å²) in [5, 5.41) is 2.78. The van der Waals surface area contributed by atoms with E-state index in [1.54, 1.807) is 7.05 Å². The predicted octanol–water partition coefficient (Wildman–Crippen LogP) is -0.283. The summed E-state index contributed by atoms with van der Waals surface area (Å²) in [5.74, 6) is -0.450. The monoisotopic (exact) mass is 200 g/mol. The minimum Gasteiger partial charge on any atom is -0.463 e. The van der Waals surface area contributed by atoms with E-state index >= 15 is 0 Å². The number of unbranched alkanes of at least 4 members (excludes halogenated alkanes) is 1. The van der Waals surface area contributed by atoms with Gasteiger partial charge < -0.3 is 9.64 Å². The van der Waals surface area contributed by atoms with Gasteiger partial charge in [-0.05, 0) is 6.42 Å². The summed E-state index contributed by atoms with van der Waals surface area (Å²) >= 11 is 0. The molecule has 1 fully saturated rings. The number of hydrogen-bond donors (Lipinski definition) is 1. The molecule has 0 aliphatic carbocycles. The molecule has 0 spiro atoms. The van der Waals surface area contributed by atoms with Gasteiger partial charge in [0.25, 0.3) is 0 Å². The molecule has 0 aromatic heterocycles. The van der Waals surface area contributed by atoms with Crippen molar-refractivity contribution in [2.75, 3.05) is 20.2 Å². The zero-order valence-corrected chi connectivity index (χ0v) is 8.58. The fourth-order valence-electron chi connectivity index (χ4n) is 1.23. The molecule has 80 valence electrons. The predicted molar refractivity (Wildman–Crippen MR) is 50.4 cm³/mol. The average molecular weight is 200 g/mol. The maximum absolute atomic E-state index is 11.4. The van der Waals surface area contributed by atoms with Crippen LogP contribution in [-0.4, -0.2) is 43.1 Å². The lowest BCUT2D eigenvalue weighted by molar-refractivity contribution is -0.151. The number of amides is 1. The van der Waals surface area contributed by atoms with Crippen molar-refractivity contribution in [3.8, 4) is 0 Å². The van der Waals surface area contributed by atoms with E-state index in [0.717, 1.165) is 12.8 Å². The highest BCUT2D eigenvalue weighted by atomic mass is 16.5. The van der Waals surface area contributed by atoms with Crippen molar-refractivity contribution in [2.24, 2.45) is 0 Å². The fourth-order valence-corrected chi connectivity index (χ4v) is 1.23. The van der Waals surface area contributed by atoms with Crippen molar-refractivity contribution in [1.82, 2.24) is 10.2 Å². The van der Waals surface area contributed by atoms with E-state index in [1.165, 1.54) is 4.90 Å². The van der Waals surface area contributed by atoms with Gasteiger partial charge in [-0.3, -0.25) is 10.1 Å². The van der Waals surface area contributed by atoms with Crippen LogP contribution in [0.5, 0.6) is 0 Å². The van der Waals surface area contributed by atoms with Crippen molar-refractivity contribution in [3.05, 3.63) is 0 Å². The van der Waals surface area contributed by atoms with Gasteiger partial charge in [-0.25, -0.2) is 4.79 Å². The minimum atomic E-state index is -0.598. The van der Waals surface area contributed by atoms with Gasteiger partial charge >= 0.3 is 5.97 Å². The van der Waals surface area contributed by atoms with Crippen molar-refractivity contribution in [1.29, 1.82) is 0 Å². The molecule has 1 aliphatic rings. The molecule has 1 aliphatic heterocycles. The van der Waals surface area contributed by atoms with Crippen LogP contribution < -0.4 is 5.32 Å². The molecular weight excluding hydrogens is 184 g/mol. The van der Waals surface area contributed by atoms with E-state index in [0.29, 0.717) is 6.61 Å². The first-order valence-corrected chi connectivity index (χ1v) is 4.82. The maximum Gasteiger partial charge on any atom is 0.344 e. The Hall–Kier alpha value is -1.10. The number of nitrogens with zero attached hydrogens (tertiary/aromatic N) is 1. The topological polar surface area (TPSA) is 58.6 Å². The molecule has 1 unspecified atom stereocenters. The Labute approximate surface area is 83.4 Å². The van der Waals surface area contributed by atoms with Gasteiger partial charge in [-0.15, -0.1) is 0 Å². The summed E-state index contributed by atoms with van der Waals surface area (Å²) in [6, 6.07) is 0. The highest BCUT2D eigenvalue weighted by Crippen LogP contribution is 2.03. The number of esters is 1. The quantitative estimate of drug-likeness (QED) is 0.501. The number of nitrogens with one attached hydrogen (secondary N) is 1. The third kappa shape index (κ3) is 2.45. The molecule has 0 aromatic rings. The number of hydrogen-bond acceptors (Lipinski definition) is 4. The lowest BCUT2D eigenvalue weighted by atomic mass is 10.4. The Morgan fingerprint density at radius 1 is 1.71 bits per heavy atom. The van der Waals surface area contributed by atoms with E-state index in [4.69, 9.17) is 4.74 Å². The number of carbonyl (C=O) groups is 2. The Balaban J connectivity index is 2.34. The Kier molecular flexibility index (Phi) is 3.88. The second kappa shape index (κ2) is 4.95. The van der Waals surface area contributed by atoms with E-state index in [2.05, 4.69) is 5.32 Å². The summed E-state index contributed by atoms with van der Waals surface area (Å²) in [4.78, 5) is 23.8. The normalized spacial score (nSPS) is 21.4. The first-order valence-electron chi connectivity index (χ1n) is 4.82. The molecule has 0 radical (unpaired) electrons. The van der Waals surface area contributed by atoms with Crippen LogP contribution in [0.25, 0.3) is 0 Å². The van der Waals surface area contributed by atoms with Crippen LogP contribution >= 0.6 is 0 Å². The molecule has 1 saturated heterocycles. The SMILES string of the molecule is CCCCOC(=O)C1NCC(=O)N1C. The van der Waals surface area contributed by atoms with Crippen LogP contribution in [0.4, 0.5) is 0 Å². The summed E-state index contributed by atoms with van der Waals surface area (Å²) < 4.78 is 4.99. The molecule has 0 aromatic carbocycles. The van der Waals surface area contributed by atoms with Gasteiger partial charge in [-0.1, -0.05) is 13.3 Å². The Morgan fingerprint density at radius 3 is 2.93 bits per heavy atom. The van der Waals surface area contributed by atoms with Crippen LogP contribution in [0, 0.1) is 0 Å². The van der Waals surface area contributed by atoms with Gasteiger partial charge in [0.1, 0.15) is 0 Å². The zero-order chi connectivity index (χ0) is 10.6. The van der Waals surface area contributed by atoms with Gasteiger partial charge in [0.05, 0.1) is 13.2 Å². The molecule has 1 heterocycles. The number of likely N-dealkylation sites (N-methyl/N-ethyl adjacent to an activating group) is 1. The van der Waals surface area contributed by atoms with Gasteiger partial charge in [-0.2, -0.15) is 0 Å². The molecule has 5 nitrogen and oxygen atoms in total. The van der Waals surface area contributed by atoms with Crippen LogP contribution in [0.1, 0.15) is 19.8 Å². The molecule has 1 atom stereocenters. The van der Waals surface area contributed by atoms with Gasteiger partial charge in [0, 0.05) is 7.05 Å². The van der Waals surface area contributed by atoms with Crippen molar-refractivity contribution < 1.29 is 14.3 Å². The Morgan fingerprint density at radius 2 is 2.43 bits per heavy atom. The van der Waals surface area contributed by atoms with Crippen molar-refractivity contribution in [2.45, 2.75) is 25.9 Å². The van der Waals surface area contributed by atoms with E-state index < -0.39 is 6.17 Å². The number of rotatable bonds is 4. The molecule has 5 heteroatoms. The Bertz CT molecular complexity index is 230. The smallest absolute Gasteiger partial charge is 0.344 e. The van der Waals surface area contributed by atoms with Crippen LogP contribution in [0.2, 0.25) is 0 Å². The van der Waals surface area contributed by atoms with Crippen molar-refractivity contribution in [3.63, 3.8) is 0 Å². The third-order valence-electron chi connectivity index (χ3n) is 2.19. The van der Waals surface area contributed by atoms with Gasteiger partial charge in [0.15, 0.2) is 6.17 Å². The highest BCUT2D eigenvalue weighted by Gasteiger charge is 2.33. The first-order chi connectivity index (χ1) is 6.66. The average Bonchev–Trinajstić information content (AvgIpc) is 2.48. The molecule has 1 N–H and O–H groups in total. The summed E-state index contributed by atoms with van der Waals surface area (Å²) in [6.07, 6.45) is 1.25. The van der Waals surface area contributed by atoms with E-state index in [-0.39, 0.29) is 18.4 Å². The molecule has 0 bridgehead atoms. The lowest BCUT2D eigenvalue weighted by Gasteiger charge is -2.17. The van der Waals surface area contributed by atoms with Crippen molar-refractivity contribution >= 4 is 11.9 Å². The fraction of sp³-hybridized carbons (Fsp3) is 0.778. The molecule has 1 rings (SSSR count). The minimum absolute atomic E-state index is 0.0811. The van der Waals surface area contributed by atoms with Crippen LogP contribution in [0.3, 0.4) is 0 Å². The second-order valence-electron chi connectivity index (χ2n) is 3.31.